The maximum atomic E-state index is 11.3. The number of rotatable bonds is 6. The van der Waals surface area contributed by atoms with Crippen LogP contribution in [0.3, 0.4) is 0 Å². The van der Waals surface area contributed by atoms with Crippen molar-refractivity contribution < 1.29 is 4.79 Å². The van der Waals surface area contributed by atoms with E-state index < -0.39 is 0 Å². The normalized spacial score (nSPS) is 15.2. The number of imidazole rings is 1. The predicted molar refractivity (Wildman–Crippen MR) is 57.2 cm³/mol. The number of hydrogen-bond acceptors (Lipinski definition) is 2. The molecule has 0 aromatic carbocycles. The van der Waals surface area contributed by atoms with Gasteiger partial charge in [-0.15, -0.1) is 0 Å². The summed E-state index contributed by atoms with van der Waals surface area (Å²) in [7, 11) is 0. The molecule has 1 saturated carbocycles. The van der Waals surface area contributed by atoms with Crippen molar-refractivity contribution in [3.05, 3.63) is 18.7 Å². The molecule has 1 amide bonds. The van der Waals surface area contributed by atoms with Gasteiger partial charge in [0.2, 0.25) is 5.91 Å². The van der Waals surface area contributed by atoms with Gasteiger partial charge in [-0.25, -0.2) is 4.98 Å². The zero-order chi connectivity index (χ0) is 10.5. The molecule has 0 aliphatic heterocycles. The standard InChI is InChI=1S/C11H17N3O/c15-11(10-3-4-10)13-5-1-2-7-14-8-6-12-9-14/h6,8-10H,1-5,7H2,(H,13,15). The van der Waals surface area contributed by atoms with E-state index in [2.05, 4.69) is 14.9 Å². The van der Waals surface area contributed by atoms with Crippen molar-refractivity contribution in [3.8, 4) is 0 Å². The highest BCUT2D eigenvalue weighted by Crippen LogP contribution is 2.28. The van der Waals surface area contributed by atoms with Crippen molar-refractivity contribution in [3.63, 3.8) is 0 Å². The van der Waals surface area contributed by atoms with Gasteiger partial charge < -0.3 is 9.88 Å². The van der Waals surface area contributed by atoms with Gasteiger partial charge in [-0.3, -0.25) is 4.79 Å². The summed E-state index contributed by atoms with van der Waals surface area (Å²) < 4.78 is 2.06. The van der Waals surface area contributed by atoms with Crippen LogP contribution in [0.4, 0.5) is 0 Å². The summed E-state index contributed by atoms with van der Waals surface area (Å²) in [6.45, 7) is 1.79. The van der Waals surface area contributed by atoms with Crippen molar-refractivity contribution in [2.75, 3.05) is 6.54 Å². The molecule has 0 atom stereocenters. The molecule has 1 heterocycles. The van der Waals surface area contributed by atoms with Crippen LogP contribution in [0.5, 0.6) is 0 Å². The fourth-order valence-electron chi connectivity index (χ4n) is 1.54. The van der Waals surface area contributed by atoms with E-state index in [1.165, 1.54) is 0 Å². The van der Waals surface area contributed by atoms with Crippen molar-refractivity contribution in [1.82, 2.24) is 14.9 Å². The van der Waals surface area contributed by atoms with Crippen LogP contribution in [0.1, 0.15) is 25.7 Å². The van der Waals surface area contributed by atoms with Gasteiger partial charge in [-0.05, 0) is 25.7 Å². The van der Waals surface area contributed by atoms with Gasteiger partial charge >= 0.3 is 0 Å². The minimum absolute atomic E-state index is 0.248. The maximum absolute atomic E-state index is 11.3. The molecule has 1 N–H and O–H groups in total. The molecule has 0 saturated heterocycles. The molecule has 4 heteroatoms. The summed E-state index contributed by atoms with van der Waals surface area (Å²) in [4.78, 5) is 15.2. The molecule has 0 spiro atoms. The summed E-state index contributed by atoms with van der Waals surface area (Å²) in [6.07, 6.45) is 9.86. The molecule has 1 aromatic rings. The molecule has 4 nitrogen and oxygen atoms in total. The Morgan fingerprint density at radius 1 is 1.47 bits per heavy atom. The lowest BCUT2D eigenvalue weighted by Gasteiger charge is -2.04. The van der Waals surface area contributed by atoms with Crippen LogP contribution in [-0.2, 0) is 11.3 Å². The smallest absolute Gasteiger partial charge is 0.223 e. The Hall–Kier alpha value is -1.32. The van der Waals surface area contributed by atoms with Crippen molar-refractivity contribution in [2.45, 2.75) is 32.2 Å². The molecule has 1 fully saturated rings. The average molecular weight is 207 g/mol. The van der Waals surface area contributed by atoms with E-state index in [0.29, 0.717) is 5.92 Å². The summed E-state index contributed by atoms with van der Waals surface area (Å²) >= 11 is 0. The third-order valence-electron chi connectivity index (χ3n) is 2.65. The van der Waals surface area contributed by atoms with Crippen molar-refractivity contribution in [1.29, 1.82) is 0 Å². The summed E-state index contributed by atoms with van der Waals surface area (Å²) in [5.41, 5.74) is 0. The Bertz CT molecular complexity index is 304. The molecule has 15 heavy (non-hydrogen) atoms. The van der Waals surface area contributed by atoms with E-state index in [1.54, 1.807) is 6.20 Å². The van der Waals surface area contributed by atoms with Gasteiger partial charge in [0.1, 0.15) is 0 Å². The van der Waals surface area contributed by atoms with E-state index in [1.807, 2.05) is 12.5 Å². The number of hydrogen-bond donors (Lipinski definition) is 1. The van der Waals surface area contributed by atoms with Crippen molar-refractivity contribution >= 4 is 5.91 Å². The lowest BCUT2D eigenvalue weighted by atomic mass is 10.3. The van der Waals surface area contributed by atoms with Crippen LogP contribution < -0.4 is 5.32 Å². The lowest BCUT2D eigenvalue weighted by molar-refractivity contribution is -0.122. The number of unbranched alkanes of at least 4 members (excludes halogenated alkanes) is 1. The molecule has 82 valence electrons. The minimum Gasteiger partial charge on any atom is -0.356 e. The number of amides is 1. The van der Waals surface area contributed by atoms with Gasteiger partial charge in [-0.1, -0.05) is 0 Å². The fourth-order valence-corrected chi connectivity index (χ4v) is 1.54. The molecule has 1 aliphatic carbocycles. The Kier molecular flexibility index (Phi) is 3.37. The first kappa shape index (κ1) is 10.2. The lowest BCUT2D eigenvalue weighted by Crippen LogP contribution is -2.25. The number of aromatic nitrogens is 2. The first-order valence-electron chi connectivity index (χ1n) is 5.60. The molecule has 0 bridgehead atoms. The van der Waals surface area contributed by atoms with E-state index in [-0.39, 0.29) is 5.91 Å². The van der Waals surface area contributed by atoms with E-state index in [9.17, 15) is 4.79 Å². The molecule has 0 unspecified atom stereocenters. The quantitative estimate of drug-likeness (QED) is 0.712. The average Bonchev–Trinajstić information content (AvgIpc) is 2.97. The Labute approximate surface area is 89.7 Å². The van der Waals surface area contributed by atoms with Crippen LogP contribution >= 0.6 is 0 Å². The number of aryl methyl sites for hydroxylation is 1. The number of nitrogens with one attached hydrogen (secondary N) is 1. The van der Waals surface area contributed by atoms with E-state index in [4.69, 9.17) is 0 Å². The highest BCUT2D eigenvalue weighted by Gasteiger charge is 2.28. The van der Waals surface area contributed by atoms with Gasteiger partial charge in [0, 0.05) is 31.4 Å². The number of carbonyl (C=O) groups is 1. The Morgan fingerprint density at radius 3 is 3.00 bits per heavy atom. The molecular weight excluding hydrogens is 190 g/mol. The van der Waals surface area contributed by atoms with E-state index in [0.717, 1.165) is 38.8 Å². The van der Waals surface area contributed by atoms with Gasteiger partial charge in [-0.2, -0.15) is 0 Å². The maximum Gasteiger partial charge on any atom is 0.223 e. The highest BCUT2D eigenvalue weighted by atomic mass is 16.2. The van der Waals surface area contributed by atoms with Crippen LogP contribution in [-0.4, -0.2) is 22.0 Å². The largest absolute Gasteiger partial charge is 0.356 e. The van der Waals surface area contributed by atoms with Crippen LogP contribution in [0.15, 0.2) is 18.7 Å². The van der Waals surface area contributed by atoms with Crippen molar-refractivity contribution in [2.24, 2.45) is 5.92 Å². The Morgan fingerprint density at radius 2 is 2.33 bits per heavy atom. The minimum atomic E-state index is 0.248. The monoisotopic (exact) mass is 207 g/mol. The number of carbonyl (C=O) groups excluding carboxylic acids is 1. The predicted octanol–water partition coefficient (Wildman–Crippen LogP) is 1.19. The second-order valence-electron chi connectivity index (χ2n) is 4.07. The zero-order valence-corrected chi connectivity index (χ0v) is 8.85. The summed E-state index contributed by atoms with van der Waals surface area (Å²) in [5.74, 6) is 0.580. The molecule has 0 radical (unpaired) electrons. The van der Waals surface area contributed by atoms with Gasteiger partial charge in [0.05, 0.1) is 6.33 Å². The van der Waals surface area contributed by atoms with E-state index >= 15 is 0 Å². The molecule has 2 rings (SSSR count). The first-order valence-corrected chi connectivity index (χ1v) is 5.60. The van der Waals surface area contributed by atoms with Crippen LogP contribution in [0, 0.1) is 5.92 Å². The van der Waals surface area contributed by atoms with Crippen LogP contribution in [0.2, 0.25) is 0 Å². The molecule has 1 aliphatic rings. The first-order chi connectivity index (χ1) is 7.36. The fraction of sp³-hybridized carbons (Fsp3) is 0.636. The second kappa shape index (κ2) is 4.96. The third-order valence-corrected chi connectivity index (χ3v) is 2.65. The zero-order valence-electron chi connectivity index (χ0n) is 8.85. The SMILES string of the molecule is O=C(NCCCCn1ccnc1)C1CC1. The summed E-state index contributed by atoms with van der Waals surface area (Å²) in [6, 6.07) is 0. The topological polar surface area (TPSA) is 46.9 Å². The molecular formula is C11H17N3O. The van der Waals surface area contributed by atoms with Crippen LogP contribution in [0.25, 0.3) is 0 Å². The number of nitrogens with zero attached hydrogens (tertiary/aromatic N) is 2. The van der Waals surface area contributed by atoms with Gasteiger partial charge in [0.25, 0.3) is 0 Å². The summed E-state index contributed by atoms with van der Waals surface area (Å²) in [5, 5.41) is 2.96. The van der Waals surface area contributed by atoms with Gasteiger partial charge in [0.15, 0.2) is 0 Å². The highest BCUT2D eigenvalue weighted by molar-refractivity contribution is 5.80. The molecule has 1 aromatic heterocycles. The second-order valence-corrected chi connectivity index (χ2v) is 4.07. The third kappa shape index (κ3) is 3.38. The Balaban J connectivity index is 1.50.